The number of pyridine rings is 1. The van der Waals surface area contributed by atoms with Crippen molar-refractivity contribution in [3.63, 3.8) is 0 Å². The summed E-state index contributed by atoms with van der Waals surface area (Å²) in [6.07, 6.45) is 1.57. The number of halogens is 1. The van der Waals surface area contributed by atoms with Crippen LogP contribution in [0.1, 0.15) is 10.5 Å². The molecule has 2 heterocycles. The van der Waals surface area contributed by atoms with Gasteiger partial charge in [-0.1, -0.05) is 11.6 Å². The molecule has 5 heteroatoms. The van der Waals surface area contributed by atoms with Crippen molar-refractivity contribution in [3.8, 4) is 0 Å². The van der Waals surface area contributed by atoms with Crippen LogP contribution in [-0.4, -0.2) is 21.0 Å². The van der Waals surface area contributed by atoms with Crippen LogP contribution in [0.15, 0.2) is 18.3 Å². The lowest BCUT2D eigenvalue weighted by molar-refractivity contribution is 0.0691. The highest BCUT2D eigenvalue weighted by atomic mass is 35.5. The van der Waals surface area contributed by atoms with Crippen LogP contribution < -0.4 is 0 Å². The van der Waals surface area contributed by atoms with Gasteiger partial charge in [0.1, 0.15) is 11.2 Å². The number of hydrogen-bond donors (Lipinski definition) is 2. The third kappa shape index (κ3) is 1.25. The second-order valence-electron chi connectivity index (χ2n) is 2.53. The first-order valence-corrected chi connectivity index (χ1v) is 3.93. The van der Waals surface area contributed by atoms with Crippen molar-refractivity contribution >= 4 is 28.6 Å². The van der Waals surface area contributed by atoms with Crippen molar-refractivity contribution in [3.05, 3.63) is 29.0 Å². The fraction of sp³-hybridized carbons (Fsp3) is 0. The Morgan fingerprint density at radius 2 is 2.31 bits per heavy atom. The summed E-state index contributed by atoms with van der Waals surface area (Å²) in [5.74, 6) is -1.06. The van der Waals surface area contributed by atoms with Crippen molar-refractivity contribution in [2.75, 3.05) is 0 Å². The third-order valence-corrected chi connectivity index (χ3v) is 1.98. The molecule has 0 atom stereocenters. The van der Waals surface area contributed by atoms with Crippen molar-refractivity contribution in [1.82, 2.24) is 9.97 Å². The van der Waals surface area contributed by atoms with Crippen LogP contribution in [0, 0.1) is 0 Å². The van der Waals surface area contributed by atoms with E-state index in [0.717, 1.165) is 5.52 Å². The molecule has 0 radical (unpaired) electrons. The molecule has 2 rings (SSSR count). The van der Waals surface area contributed by atoms with Gasteiger partial charge in [-0.2, -0.15) is 0 Å². The molecule has 0 unspecified atom stereocenters. The van der Waals surface area contributed by atoms with Crippen molar-refractivity contribution in [1.29, 1.82) is 0 Å². The zero-order chi connectivity index (χ0) is 9.42. The molecule has 0 aliphatic carbocycles. The highest BCUT2D eigenvalue weighted by Gasteiger charge is 2.08. The SMILES string of the molecule is O=C(O)c1ccc2[nH]cc(Cl)c2n1. The second-order valence-corrected chi connectivity index (χ2v) is 2.94. The van der Waals surface area contributed by atoms with Crippen molar-refractivity contribution in [2.45, 2.75) is 0 Å². The molecule has 0 amide bonds. The van der Waals surface area contributed by atoms with E-state index in [1.54, 1.807) is 12.3 Å². The molecule has 0 saturated heterocycles. The van der Waals surface area contributed by atoms with Gasteiger partial charge in [0.15, 0.2) is 0 Å². The molecule has 0 saturated carbocycles. The topological polar surface area (TPSA) is 66.0 Å². The monoisotopic (exact) mass is 196 g/mol. The molecule has 4 nitrogen and oxygen atoms in total. The summed E-state index contributed by atoms with van der Waals surface area (Å²) >= 11 is 5.76. The highest BCUT2D eigenvalue weighted by molar-refractivity contribution is 6.35. The quantitative estimate of drug-likeness (QED) is 0.732. The molecule has 2 aromatic heterocycles. The first kappa shape index (κ1) is 8.07. The van der Waals surface area contributed by atoms with Crippen molar-refractivity contribution < 1.29 is 9.90 Å². The minimum absolute atomic E-state index is 0.00556. The number of nitrogens with zero attached hydrogens (tertiary/aromatic N) is 1. The normalized spacial score (nSPS) is 10.5. The Balaban J connectivity index is 2.72. The summed E-state index contributed by atoms with van der Waals surface area (Å²) < 4.78 is 0. The van der Waals surface area contributed by atoms with Gasteiger partial charge in [-0.25, -0.2) is 9.78 Å². The first-order valence-electron chi connectivity index (χ1n) is 3.55. The molecule has 13 heavy (non-hydrogen) atoms. The van der Waals surface area contributed by atoms with E-state index in [1.807, 2.05) is 0 Å². The van der Waals surface area contributed by atoms with E-state index in [9.17, 15) is 4.79 Å². The molecule has 2 aromatic rings. The molecule has 0 bridgehead atoms. The molecule has 0 fully saturated rings. The molecule has 0 aliphatic heterocycles. The van der Waals surface area contributed by atoms with E-state index in [2.05, 4.69) is 9.97 Å². The molecule has 0 aromatic carbocycles. The largest absolute Gasteiger partial charge is 0.477 e. The van der Waals surface area contributed by atoms with Crippen LogP contribution in [0.4, 0.5) is 0 Å². The van der Waals surface area contributed by atoms with Crippen LogP contribution in [0.5, 0.6) is 0 Å². The smallest absolute Gasteiger partial charge is 0.354 e. The predicted octanol–water partition coefficient (Wildman–Crippen LogP) is 1.91. The molecular formula is C8H5ClN2O2. The molecule has 0 aliphatic rings. The predicted molar refractivity (Wildman–Crippen MR) is 48.1 cm³/mol. The van der Waals surface area contributed by atoms with Gasteiger partial charge in [-0.15, -0.1) is 0 Å². The van der Waals surface area contributed by atoms with Gasteiger partial charge in [0.25, 0.3) is 0 Å². The van der Waals surface area contributed by atoms with Gasteiger partial charge in [0.2, 0.25) is 0 Å². The summed E-state index contributed by atoms with van der Waals surface area (Å²) in [6, 6.07) is 3.06. The number of carboxylic acids is 1. The lowest BCUT2D eigenvalue weighted by Crippen LogP contribution is -1.99. The van der Waals surface area contributed by atoms with E-state index in [1.165, 1.54) is 6.07 Å². The van der Waals surface area contributed by atoms with Gasteiger partial charge in [0, 0.05) is 6.20 Å². The Kier molecular flexibility index (Phi) is 1.70. The van der Waals surface area contributed by atoms with E-state index in [4.69, 9.17) is 16.7 Å². The average Bonchev–Trinajstić information content (AvgIpc) is 2.47. The lowest BCUT2D eigenvalue weighted by Gasteiger charge is -1.93. The molecule has 66 valence electrons. The highest BCUT2D eigenvalue weighted by Crippen LogP contribution is 2.20. The zero-order valence-electron chi connectivity index (χ0n) is 6.41. The number of aromatic amines is 1. The second kappa shape index (κ2) is 2.74. The zero-order valence-corrected chi connectivity index (χ0v) is 7.17. The maximum atomic E-state index is 10.6. The number of rotatable bonds is 1. The molecule has 0 spiro atoms. The number of hydrogen-bond acceptors (Lipinski definition) is 2. The summed E-state index contributed by atoms with van der Waals surface area (Å²) in [7, 11) is 0. The van der Waals surface area contributed by atoms with E-state index < -0.39 is 5.97 Å². The summed E-state index contributed by atoms with van der Waals surface area (Å²) in [4.78, 5) is 17.3. The van der Waals surface area contributed by atoms with E-state index in [-0.39, 0.29) is 5.69 Å². The van der Waals surface area contributed by atoms with Gasteiger partial charge >= 0.3 is 5.97 Å². The van der Waals surface area contributed by atoms with Crippen LogP contribution in [0.2, 0.25) is 5.02 Å². The van der Waals surface area contributed by atoms with Gasteiger partial charge in [-0.3, -0.25) is 0 Å². The maximum Gasteiger partial charge on any atom is 0.354 e. The number of H-pyrrole nitrogens is 1. The number of carbonyl (C=O) groups is 1. The number of fused-ring (bicyclic) bond motifs is 1. The summed E-state index contributed by atoms with van der Waals surface area (Å²) in [5.41, 5.74) is 1.21. The first-order chi connectivity index (χ1) is 6.18. The Labute approximate surface area is 78.2 Å². The third-order valence-electron chi connectivity index (χ3n) is 1.69. The minimum Gasteiger partial charge on any atom is -0.477 e. The number of aromatic carboxylic acids is 1. The summed E-state index contributed by atoms with van der Waals surface area (Å²) in [6.45, 7) is 0. The van der Waals surface area contributed by atoms with E-state index >= 15 is 0 Å². The standard InChI is InChI=1S/C8H5ClN2O2/c9-4-3-10-5-1-2-6(8(12)13)11-7(4)5/h1-3,10H,(H,12,13). The van der Waals surface area contributed by atoms with Crippen molar-refractivity contribution in [2.24, 2.45) is 0 Å². The molecule has 2 N–H and O–H groups in total. The van der Waals surface area contributed by atoms with Gasteiger partial charge in [-0.05, 0) is 12.1 Å². The summed E-state index contributed by atoms with van der Waals surface area (Å²) in [5, 5.41) is 9.09. The Hall–Kier alpha value is -1.55. The van der Waals surface area contributed by atoms with Crippen LogP contribution >= 0.6 is 11.6 Å². The Bertz CT molecular complexity index is 478. The average molecular weight is 197 g/mol. The van der Waals surface area contributed by atoms with Crippen LogP contribution in [-0.2, 0) is 0 Å². The lowest BCUT2D eigenvalue weighted by atomic mass is 10.3. The van der Waals surface area contributed by atoms with Gasteiger partial charge < -0.3 is 10.1 Å². The fourth-order valence-electron chi connectivity index (χ4n) is 1.09. The number of nitrogens with one attached hydrogen (secondary N) is 1. The number of carboxylic acid groups (broad SMARTS) is 1. The molecular weight excluding hydrogens is 192 g/mol. The maximum absolute atomic E-state index is 10.6. The van der Waals surface area contributed by atoms with Gasteiger partial charge in [0.05, 0.1) is 10.5 Å². The van der Waals surface area contributed by atoms with E-state index in [0.29, 0.717) is 10.5 Å². The Morgan fingerprint density at radius 1 is 1.54 bits per heavy atom. The minimum atomic E-state index is -1.06. The fourth-order valence-corrected chi connectivity index (χ4v) is 1.28. The van der Waals surface area contributed by atoms with Crippen LogP contribution in [0.3, 0.4) is 0 Å². The number of aromatic nitrogens is 2. The van der Waals surface area contributed by atoms with Crippen LogP contribution in [0.25, 0.3) is 11.0 Å². The Morgan fingerprint density at radius 3 is 3.00 bits per heavy atom.